The molecule has 25 heavy (non-hydrogen) atoms. The summed E-state index contributed by atoms with van der Waals surface area (Å²) in [5.41, 5.74) is 1.29. The maximum absolute atomic E-state index is 12.3. The molecule has 0 aliphatic heterocycles. The molecule has 0 saturated carbocycles. The van der Waals surface area contributed by atoms with Crippen molar-refractivity contribution >= 4 is 18.4 Å². The summed E-state index contributed by atoms with van der Waals surface area (Å²) in [6.07, 6.45) is 1.78. The number of hydroxylamine groups is 1. The Morgan fingerprint density at radius 1 is 1.08 bits per heavy atom. The molecule has 2 N–H and O–H groups in total. The predicted octanol–water partition coefficient (Wildman–Crippen LogP) is 2.57. The highest BCUT2D eigenvalue weighted by atomic mass is 16.6. The van der Waals surface area contributed by atoms with Crippen LogP contribution in [0.5, 0.6) is 0 Å². The number of amides is 1. The monoisotopic (exact) mass is 359 g/mol. The fourth-order valence-electron chi connectivity index (χ4n) is 1.68. The second kappa shape index (κ2) is 10.9. The Balaban J connectivity index is 4.60. The van der Waals surface area contributed by atoms with Crippen LogP contribution in [0.2, 0.25) is 0 Å². The van der Waals surface area contributed by atoms with Crippen molar-refractivity contribution in [2.24, 2.45) is 4.99 Å². The Morgan fingerprint density at radius 3 is 2.20 bits per heavy atom. The fraction of sp³-hybridized carbons (Fsp3) is 0.824. The first-order valence-corrected chi connectivity index (χ1v) is 8.52. The zero-order valence-electron chi connectivity index (χ0n) is 16.5. The van der Waals surface area contributed by atoms with Crippen molar-refractivity contribution in [2.45, 2.75) is 78.6 Å². The minimum Gasteiger partial charge on any atom is -0.458 e. The predicted molar refractivity (Wildman–Crippen MR) is 96.4 cm³/mol. The molecule has 146 valence electrons. The minimum absolute atomic E-state index is 0.389. The second-order valence-electron chi connectivity index (χ2n) is 7.46. The Morgan fingerprint density at radius 2 is 1.68 bits per heavy atom. The highest BCUT2D eigenvalue weighted by molar-refractivity contribution is 5.81. The van der Waals surface area contributed by atoms with E-state index in [4.69, 9.17) is 14.3 Å². The van der Waals surface area contributed by atoms with Crippen molar-refractivity contribution < 1.29 is 23.9 Å². The van der Waals surface area contributed by atoms with Crippen molar-refractivity contribution in [1.82, 2.24) is 10.8 Å². The van der Waals surface area contributed by atoms with Crippen LogP contribution >= 0.6 is 0 Å². The third-order valence-electron chi connectivity index (χ3n) is 2.53. The maximum Gasteiger partial charge on any atom is 0.408 e. The average molecular weight is 359 g/mol. The molecule has 0 rings (SSSR count). The lowest BCUT2D eigenvalue weighted by Gasteiger charge is -2.26. The summed E-state index contributed by atoms with van der Waals surface area (Å²) in [7, 11) is 0. The number of aliphatic imine (C=N–C) groups is 1. The molecule has 0 aromatic carbocycles. The largest absolute Gasteiger partial charge is 0.458 e. The van der Waals surface area contributed by atoms with Crippen LogP contribution in [0.3, 0.4) is 0 Å². The van der Waals surface area contributed by atoms with Gasteiger partial charge < -0.3 is 14.8 Å². The molecule has 0 aromatic heterocycles. The second-order valence-corrected chi connectivity index (χ2v) is 7.46. The molecule has 0 heterocycles. The van der Waals surface area contributed by atoms with Crippen LogP contribution < -0.4 is 10.8 Å². The fourth-order valence-corrected chi connectivity index (χ4v) is 1.68. The number of esters is 1. The summed E-state index contributed by atoms with van der Waals surface area (Å²) >= 11 is 0. The zero-order valence-corrected chi connectivity index (χ0v) is 16.5. The smallest absolute Gasteiger partial charge is 0.408 e. The van der Waals surface area contributed by atoms with E-state index in [-0.39, 0.29) is 0 Å². The number of hydrogen-bond acceptors (Lipinski definition) is 6. The third-order valence-corrected chi connectivity index (χ3v) is 2.53. The van der Waals surface area contributed by atoms with Gasteiger partial charge in [-0.2, -0.15) is 0 Å². The molecule has 0 aliphatic rings. The summed E-state index contributed by atoms with van der Waals surface area (Å²) in [5, 5.41) is 2.58. The lowest BCUT2D eigenvalue weighted by Crippen LogP contribution is -2.46. The number of carbonyl (C=O) groups excluding carboxylic acids is 2. The van der Waals surface area contributed by atoms with Gasteiger partial charge in [0.1, 0.15) is 23.6 Å². The van der Waals surface area contributed by atoms with Gasteiger partial charge in [-0.05, 0) is 61.3 Å². The Bertz CT molecular complexity index is 439. The van der Waals surface area contributed by atoms with Gasteiger partial charge >= 0.3 is 12.1 Å². The highest BCUT2D eigenvalue weighted by Gasteiger charge is 2.28. The highest BCUT2D eigenvalue weighted by Crippen LogP contribution is 2.12. The summed E-state index contributed by atoms with van der Waals surface area (Å²) in [5.74, 6) is -0.491. The Labute approximate surface area is 150 Å². The number of ether oxygens (including phenoxy) is 2. The summed E-state index contributed by atoms with van der Waals surface area (Å²) in [4.78, 5) is 33.3. The molecule has 0 saturated heterocycles. The van der Waals surface area contributed by atoms with Gasteiger partial charge in [0.2, 0.25) is 0 Å². The van der Waals surface area contributed by atoms with Crippen molar-refractivity contribution in [3.8, 4) is 0 Å². The van der Waals surface area contributed by atoms with Crippen molar-refractivity contribution in [3.63, 3.8) is 0 Å². The van der Waals surface area contributed by atoms with E-state index in [0.717, 1.165) is 0 Å². The molecule has 1 atom stereocenters. The van der Waals surface area contributed by atoms with Crippen molar-refractivity contribution in [1.29, 1.82) is 0 Å². The van der Waals surface area contributed by atoms with Crippen LogP contribution in [0.25, 0.3) is 0 Å². The summed E-state index contributed by atoms with van der Waals surface area (Å²) in [6.45, 7) is 13.5. The van der Waals surface area contributed by atoms with E-state index < -0.39 is 29.3 Å². The molecule has 0 unspecified atom stereocenters. The first-order valence-electron chi connectivity index (χ1n) is 8.52. The molecule has 0 aromatic rings. The van der Waals surface area contributed by atoms with E-state index in [0.29, 0.717) is 26.0 Å². The number of nitrogens with zero attached hydrogens (tertiary/aromatic N) is 1. The van der Waals surface area contributed by atoms with Gasteiger partial charge in [-0.15, -0.1) is 0 Å². The number of rotatable bonds is 9. The van der Waals surface area contributed by atoms with Crippen LogP contribution in [0.1, 0.15) is 61.3 Å². The van der Waals surface area contributed by atoms with E-state index in [9.17, 15) is 9.59 Å². The van der Waals surface area contributed by atoms with E-state index in [1.54, 1.807) is 41.5 Å². The molecule has 8 heteroatoms. The van der Waals surface area contributed by atoms with Crippen molar-refractivity contribution in [3.05, 3.63) is 0 Å². The summed E-state index contributed by atoms with van der Waals surface area (Å²) in [6, 6.07) is -0.788. The lowest BCUT2D eigenvalue weighted by molar-refractivity contribution is -0.157. The van der Waals surface area contributed by atoms with E-state index >= 15 is 0 Å². The molecule has 0 radical (unpaired) electrons. The van der Waals surface area contributed by atoms with E-state index in [1.807, 2.05) is 6.92 Å². The molecule has 1 amide bonds. The van der Waals surface area contributed by atoms with Gasteiger partial charge in [0.15, 0.2) is 0 Å². The van der Waals surface area contributed by atoms with Crippen LogP contribution in [-0.4, -0.2) is 48.8 Å². The molecule has 8 nitrogen and oxygen atoms in total. The van der Waals surface area contributed by atoms with Gasteiger partial charge in [0.05, 0.1) is 6.61 Å². The van der Waals surface area contributed by atoms with Crippen LogP contribution in [0.4, 0.5) is 4.79 Å². The number of hydrogen-bond donors (Lipinski definition) is 2. The zero-order chi connectivity index (χ0) is 19.5. The molecule has 0 bridgehead atoms. The van der Waals surface area contributed by atoms with Crippen LogP contribution in [0, 0.1) is 0 Å². The first-order chi connectivity index (χ1) is 11.4. The average Bonchev–Trinajstić information content (AvgIpc) is 2.41. The molecular weight excluding hydrogens is 326 g/mol. The quantitative estimate of drug-likeness (QED) is 0.216. The van der Waals surface area contributed by atoms with E-state index in [1.165, 1.54) is 6.34 Å². The van der Waals surface area contributed by atoms with Gasteiger partial charge in [-0.3, -0.25) is 15.3 Å². The normalized spacial score (nSPS) is 13.4. The minimum atomic E-state index is -0.788. The standard InChI is InChI=1S/C17H33N3O5/c1-8-23-19-12-18-11-9-10-13(14(21)24-16(2,3)4)20-15(22)25-17(5,6)7/h12-13H,8-11H2,1-7H3,(H,18,19)(H,20,22)/t13-/m0/s1. The Kier molecular flexibility index (Phi) is 10.1. The SMILES string of the molecule is CCONC=NCCC[C@H](NC(=O)OC(C)(C)C)C(=O)OC(C)(C)C. The van der Waals surface area contributed by atoms with Crippen LogP contribution in [0.15, 0.2) is 4.99 Å². The summed E-state index contributed by atoms with van der Waals surface area (Å²) < 4.78 is 10.6. The lowest BCUT2D eigenvalue weighted by atomic mass is 10.1. The van der Waals surface area contributed by atoms with Gasteiger partial charge in [0, 0.05) is 6.54 Å². The maximum atomic E-state index is 12.3. The third kappa shape index (κ3) is 14.2. The molecule has 0 aliphatic carbocycles. The number of nitrogens with one attached hydrogen (secondary N) is 2. The number of alkyl carbamates (subject to hydrolysis) is 1. The first kappa shape index (κ1) is 23.2. The number of carbonyl (C=O) groups is 2. The Hall–Kier alpha value is -1.83. The van der Waals surface area contributed by atoms with Gasteiger partial charge in [-0.1, -0.05) is 0 Å². The van der Waals surface area contributed by atoms with E-state index in [2.05, 4.69) is 15.8 Å². The molecular formula is C17H33N3O5. The molecule has 0 fully saturated rings. The van der Waals surface area contributed by atoms with Crippen molar-refractivity contribution in [2.75, 3.05) is 13.2 Å². The van der Waals surface area contributed by atoms with Gasteiger partial charge in [-0.25, -0.2) is 9.59 Å². The van der Waals surface area contributed by atoms with Gasteiger partial charge in [0.25, 0.3) is 0 Å². The molecule has 0 spiro atoms. The van der Waals surface area contributed by atoms with Crippen LogP contribution in [-0.2, 0) is 19.1 Å². The topological polar surface area (TPSA) is 98.3 Å².